The summed E-state index contributed by atoms with van der Waals surface area (Å²) in [5, 5.41) is 5.53. The van der Waals surface area contributed by atoms with Crippen molar-refractivity contribution >= 4 is 10.8 Å². The predicted octanol–water partition coefficient (Wildman–Crippen LogP) is -0.168. The Bertz CT molecular complexity index is 453. The number of hydrogen-bond acceptors (Lipinski definition) is 2. The molecule has 2 aromatic rings. The van der Waals surface area contributed by atoms with Gasteiger partial charge in [0, 0.05) is 5.39 Å². The number of fused-ring (bicyclic) bond motifs is 1. The first-order chi connectivity index (χ1) is 7.92. The van der Waals surface area contributed by atoms with Crippen LogP contribution in [0, 0.1) is 0 Å². The van der Waals surface area contributed by atoms with E-state index in [0.29, 0.717) is 0 Å². The Morgan fingerprint density at radius 2 is 1.82 bits per heavy atom. The molecule has 0 unspecified atom stereocenters. The third-order valence-electron chi connectivity index (χ3n) is 2.58. The maximum Gasteiger partial charge on any atom is 0.127 e. The van der Waals surface area contributed by atoms with E-state index in [9.17, 15) is 0 Å². The summed E-state index contributed by atoms with van der Waals surface area (Å²) < 4.78 is 5.78. The van der Waals surface area contributed by atoms with E-state index >= 15 is 0 Å². The van der Waals surface area contributed by atoms with Gasteiger partial charge in [-0.05, 0) is 31.5 Å². The first-order valence-electron chi connectivity index (χ1n) is 5.67. The minimum atomic E-state index is 0. The molecule has 0 aliphatic rings. The van der Waals surface area contributed by atoms with Gasteiger partial charge in [0.25, 0.3) is 0 Å². The van der Waals surface area contributed by atoms with Crippen molar-refractivity contribution in [2.45, 2.75) is 6.42 Å². The minimum absolute atomic E-state index is 0. The van der Waals surface area contributed by atoms with Crippen molar-refractivity contribution in [3.8, 4) is 5.75 Å². The molecule has 92 valence electrons. The molecule has 0 saturated carbocycles. The monoisotopic (exact) mass is 250 g/mol. The van der Waals surface area contributed by atoms with Gasteiger partial charge in [0.1, 0.15) is 5.75 Å². The summed E-state index contributed by atoms with van der Waals surface area (Å²) in [7, 11) is 1.96. The molecule has 0 atom stereocenters. The number of nitrogens with one attached hydrogen (secondary N) is 1. The SMILES string of the molecule is CNCCCOc1cccc2ccccc12.[Cl-]. The Hall–Kier alpha value is -1.25. The molecule has 0 spiro atoms. The Labute approximate surface area is 108 Å². The zero-order valence-electron chi connectivity index (χ0n) is 9.95. The lowest BCUT2D eigenvalue weighted by Crippen LogP contribution is -3.00. The zero-order valence-corrected chi connectivity index (χ0v) is 10.7. The van der Waals surface area contributed by atoms with Crippen LogP contribution >= 0.6 is 0 Å². The molecule has 2 nitrogen and oxygen atoms in total. The van der Waals surface area contributed by atoms with E-state index in [1.807, 2.05) is 31.3 Å². The van der Waals surface area contributed by atoms with Crippen molar-refractivity contribution in [2.75, 3.05) is 20.2 Å². The summed E-state index contributed by atoms with van der Waals surface area (Å²) in [5.74, 6) is 0.981. The van der Waals surface area contributed by atoms with Crippen molar-refractivity contribution in [1.82, 2.24) is 5.32 Å². The topological polar surface area (TPSA) is 21.3 Å². The molecule has 0 saturated heterocycles. The maximum absolute atomic E-state index is 5.78. The predicted molar refractivity (Wildman–Crippen MR) is 68.0 cm³/mol. The van der Waals surface area contributed by atoms with E-state index < -0.39 is 0 Å². The van der Waals surface area contributed by atoms with E-state index in [-0.39, 0.29) is 12.4 Å². The molecule has 0 amide bonds. The minimum Gasteiger partial charge on any atom is -1.00 e. The molecule has 0 aliphatic heterocycles. The van der Waals surface area contributed by atoms with Crippen LogP contribution in [0.4, 0.5) is 0 Å². The fourth-order valence-corrected chi connectivity index (χ4v) is 1.75. The quantitative estimate of drug-likeness (QED) is 0.745. The van der Waals surface area contributed by atoms with Crippen LogP contribution in [0.1, 0.15) is 6.42 Å². The van der Waals surface area contributed by atoms with Gasteiger partial charge in [0.15, 0.2) is 0 Å². The average Bonchev–Trinajstić information content (AvgIpc) is 2.35. The zero-order chi connectivity index (χ0) is 11.2. The van der Waals surface area contributed by atoms with Crippen molar-refractivity contribution in [1.29, 1.82) is 0 Å². The van der Waals surface area contributed by atoms with Crippen molar-refractivity contribution in [3.63, 3.8) is 0 Å². The number of rotatable bonds is 5. The second kappa shape index (κ2) is 7.15. The second-order valence-corrected chi connectivity index (χ2v) is 3.78. The molecule has 0 aliphatic carbocycles. The van der Waals surface area contributed by atoms with Gasteiger partial charge < -0.3 is 22.5 Å². The highest BCUT2D eigenvalue weighted by atomic mass is 35.5. The average molecular weight is 251 g/mol. The van der Waals surface area contributed by atoms with Gasteiger partial charge in [0.05, 0.1) is 6.61 Å². The Kier molecular flexibility index (Phi) is 5.81. The standard InChI is InChI=1S/C14H17NO.ClH/c1-15-10-5-11-16-14-9-4-7-12-6-2-3-8-13(12)14;/h2-4,6-9,15H,5,10-11H2,1H3;1H/p-1. The lowest BCUT2D eigenvalue weighted by atomic mass is 10.1. The summed E-state index contributed by atoms with van der Waals surface area (Å²) in [4.78, 5) is 0. The van der Waals surface area contributed by atoms with E-state index in [1.54, 1.807) is 0 Å². The smallest absolute Gasteiger partial charge is 0.127 e. The van der Waals surface area contributed by atoms with Gasteiger partial charge in [0.2, 0.25) is 0 Å². The molecule has 2 aromatic carbocycles. The normalized spacial score (nSPS) is 9.94. The van der Waals surface area contributed by atoms with Crippen LogP contribution in [0.15, 0.2) is 42.5 Å². The summed E-state index contributed by atoms with van der Waals surface area (Å²) in [6, 6.07) is 14.5. The van der Waals surface area contributed by atoms with Gasteiger partial charge in [-0.25, -0.2) is 0 Å². The Morgan fingerprint density at radius 1 is 1.06 bits per heavy atom. The fraction of sp³-hybridized carbons (Fsp3) is 0.286. The fourth-order valence-electron chi connectivity index (χ4n) is 1.75. The van der Waals surface area contributed by atoms with Gasteiger partial charge in [-0.2, -0.15) is 0 Å². The first-order valence-corrected chi connectivity index (χ1v) is 5.67. The number of benzene rings is 2. The third kappa shape index (κ3) is 3.62. The van der Waals surface area contributed by atoms with Crippen molar-refractivity contribution < 1.29 is 17.1 Å². The van der Waals surface area contributed by atoms with Gasteiger partial charge in [-0.3, -0.25) is 0 Å². The highest BCUT2D eigenvalue weighted by Crippen LogP contribution is 2.24. The number of ether oxygens (including phenoxy) is 1. The van der Waals surface area contributed by atoms with Crippen LogP contribution in [0.3, 0.4) is 0 Å². The van der Waals surface area contributed by atoms with Gasteiger partial charge in [-0.15, -0.1) is 0 Å². The van der Waals surface area contributed by atoms with E-state index in [2.05, 4.69) is 23.5 Å². The second-order valence-electron chi connectivity index (χ2n) is 3.78. The largest absolute Gasteiger partial charge is 1.00 e. The highest BCUT2D eigenvalue weighted by molar-refractivity contribution is 5.88. The van der Waals surface area contributed by atoms with Crippen LogP contribution < -0.4 is 22.5 Å². The summed E-state index contributed by atoms with van der Waals surface area (Å²) >= 11 is 0. The molecule has 0 radical (unpaired) electrons. The highest BCUT2D eigenvalue weighted by Gasteiger charge is 1.99. The molecule has 1 N–H and O–H groups in total. The maximum atomic E-state index is 5.78. The number of hydrogen-bond donors (Lipinski definition) is 1. The van der Waals surface area contributed by atoms with Gasteiger partial charge in [-0.1, -0.05) is 36.4 Å². The number of halogens is 1. The van der Waals surface area contributed by atoms with Crippen molar-refractivity contribution in [2.24, 2.45) is 0 Å². The molecule has 17 heavy (non-hydrogen) atoms. The van der Waals surface area contributed by atoms with Gasteiger partial charge >= 0.3 is 0 Å². The van der Waals surface area contributed by atoms with Crippen molar-refractivity contribution in [3.05, 3.63) is 42.5 Å². The first kappa shape index (κ1) is 13.8. The van der Waals surface area contributed by atoms with E-state index in [1.165, 1.54) is 10.8 Å². The van der Waals surface area contributed by atoms with Crippen LogP contribution in [-0.4, -0.2) is 20.2 Å². The van der Waals surface area contributed by atoms with Crippen LogP contribution in [0.25, 0.3) is 10.8 Å². The molecular weight excluding hydrogens is 234 g/mol. The van der Waals surface area contributed by atoms with E-state index in [0.717, 1.165) is 25.3 Å². The molecule has 2 rings (SSSR count). The molecule has 0 heterocycles. The summed E-state index contributed by atoms with van der Waals surface area (Å²) in [5.41, 5.74) is 0. The lowest BCUT2D eigenvalue weighted by molar-refractivity contribution is -0.00000370. The van der Waals surface area contributed by atoms with Crippen LogP contribution in [-0.2, 0) is 0 Å². The lowest BCUT2D eigenvalue weighted by Gasteiger charge is -2.08. The molecular formula is C14H17ClNO-. The van der Waals surface area contributed by atoms with E-state index in [4.69, 9.17) is 4.74 Å². The summed E-state index contributed by atoms with van der Waals surface area (Å²) in [6.07, 6.45) is 1.03. The molecule has 3 heteroatoms. The molecule has 0 aromatic heterocycles. The molecule has 0 bridgehead atoms. The van der Waals surface area contributed by atoms with Crippen LogP contribution in [0.2, 0.25) is 0 Å². The van der Waals surface area contributed by atoms with Crippen LogP contribution in [0.5, 0.6) is 5.75 Å². The molecule has 0 fully saturated rings. The Morgan fingerprint density at radius 3 is 2.65 bits per heavy atom. The Balaban J connectivity index is 0.00000144. The summed E-state index contributed by atoms with van der Waals surface area (Å²) in [6.45, 7) is 1.75. The third-order valence-corrected chi connectivity index (χ3v) is 2.58.